The summed E-state index contributed by atoms with van der Waals surface area (Å²) in [4.78, 5) is 25.3. The van der Waals surface area contributed by atoms with E-state index in [2.05, 4.69) is 11.4 Å². The monoisotopic (exact) mass is 267 g/mol. The second kappa shape index (κ2) is 5.91. The van der Waals surface area contributed by atoms with E-state index in [0.717, 1.165) is 0 Å². The molecule has 0 spiro atoms. The largest absolute Gasteiger partial charge is 0.444 e. The number of carbonyl (C=O) groups excluding carboxylic acids is 2. The van der Waals surface area contributed by atoms with Gasteiger partial charge in [0.25, 0.3) is 0 Å². The van der Waals surface area contributed by atoms with Crippen LogP contribution in [0.4, 0.5) is 4.79 Å². The molecule has 106 valence electrons. The Hall–Kier alpha value is -1.77. The maximum atomic E-state index is 12.1. The Morgan fingerprint density at radius 3 is 2.47 bits per heavy atom. The number of likely N-dealkylation sites (tertiary alicyclic amines) is 1. The van der Waals surface area contributed by atoms with E-state index in [9.17, 15) is 9.59 Å². The molecule has 0 bridgehead atoms. The quantitative estimate of drug-likeness (QED) is 0.834. The number of carbonyl (C=O) groups is 2. The zero-order valence-corrected chi connectivity index (χ0v) is 11.9. The molecule has 19 heavy (non-hydrogen) atoms. The van der Waals surface area contributed by atoms with Crippen molar-refractivity contribution in [3.05, 3.63) is 0 Å². The molecule has 0 aromatic rings. The van der Waals surface area contributed by atoms with Crippen molar-refractivity contribution in [1.29, 1.82) is 5.26 Å². The van der Waals surface area contributed by atoms with E-state index >= 15 is 0 Å². The number of rotatable bonds is 3. The molecule has 1 rings (SSSR count). The number of nitrogens with zero attached hydrogens (tertiary/aromatic N) is 2. The lowest BCUT2D eigenvalue weighted by Gasteiger charge is -2.37. The van der Waals surface area contributed by atoms with Crippen LogP contribution in [0.25, 0.3) is 0 Å². The molecular formula is C13H21N3O3. The summed E-state index contributed by atoms with van der Waals surface area (Å²) in [6.45, 7) is 8.01. The van der Waals surface area contributed by atoms with Gasteiger partial charge in [-0.2, -0.15) is 5.26 Å². The summed E-state index contributed by atoms with van der Waals surface area (Å²) < 4.78 is 5.12. The van der Waals surface area contributed by atoms with Gasteiger partial charge in [-0.25, -0.2) is 4.79 Å². The van der Waals surface area contributed by atoms with Gasteiger partial charge in [-0.1, -0.05) is 6.92 Å². The molecule has 1 atom stereocenters. The summed E-state index contributed by atoms with van der Waals surface area (Å²) >= 11 is 0. The normalized spacial score (nSPS) is 17.1. The van der Waals surface area contributed by atoms with E-state index in [1.807, 2.05) is 6.92 Å². The molecule has 1 heterocycles. The molecule has 1 N–H and O–H groups in total. The fourth-order valence-corrected chi connectivity index (χ4v) is 1.75. The molecule has 0 saturated carbocycles. The van der Waals surface area contributed by atoms with Gasteiger partial charge in [0, 0.05) is 13.1 Å². The number of hydrogen-bond acceptors (Lipinski definition) is 4. The molecule has 0 aliphatic carbocycles. The van der Waals surface area contributed by atoms with Gasteiger partial charge in [-0.05, 0) is 27.2 Å². The van der Waals surface area contributed by atoms with Crippen LogP contribution >= 0.6 is 0 Å². The van der Waals surface area contributed by atoms with Gasteiger partial charge in [0.2, 0.25) is 5.91 Å². The van der Waals surface area contributed by atoms with Gasteiger partial charge in [0.15, 0.2) is 0 Å². The third-order valence-electron chi connectivity index (χ3n) is 2.77. The molecule has 0 radical (unpaired) electrons. The van der Waals surface area contributed by atoms with Crippen LogP contribution in [0.1, 0.15) is 34.1 Å². The molecule has 6 heteroatoms. The maximum Gasteiger partial charge on any atom is 0.408 e. The van der Waals surface area contributed by atoms with Crippen LogP contribution in [-0.4, -0.2) is 41.6 Å². The Morgan fingerprint density at radius 2 is 2.05 bits per heavy atom. The average molecular weight is 267 g/mol. The van der Waals surface area contributed by atoms with Crippen LogP contribution in [0.2, 0.25) is 0 Å². The maximum absolute atomic E-state index is 12.1. The first-order valence-corrected chi connectivity index (χ1v) is 6.44. The summed E-state index contributed by atoms with van der Waals surface area (Å²) in [5.41, 5.74) is -0.589. The highest BCUT2D eigenvalue weighted by molar-refractivity contribution is 5.86. The fraction of sp³-hybridized carbons (Fsp3) is 0.769. The van der Waals surface area contributed by atoms with Gasteiger partial charge in [-0.15, -0.1) is 0 Å². The predicted octanol–water partition coefficient (Wildman–Crippen LogP) is 1.27. The molecule has 0 aromatic heterocycles. The van der Waals surface area contributed by atoms with E-state index in [0.29, 0.717) is 19.5 Å². The Labute approximate surface area is 113 Å². The summed E-state index contributed by atoms with van der Waals surface area (Å²) in [7, 11) is 0. The highest BCUT2D eigenvalue weighted by Gasteiger charge is 2.34. The molecule has 2 amide bonds. The molecular weight excluding hydrogens is 246 g/mol. The molecule has 6 nitrogen and oxygen atoms in total. The van der Waals surface area contributed by atoms with Crippen molar-refractivity contribution in [2.75, 3.05) is 13.1 Å². The minimum Gasteiger partial charge on any atom is -0.444 e. The van der Waals surface area contributed by atoms with E-state index in [1.54, 1.807) is 25.7 Å². The highest BCUT2D eigenvalue weighted by Crippen LogP contribution is 2.16. The predicted molar refractivity (Wildman–Crippen MR) is 69.1 cm³/mol. The fourth-order valence-electron chi connectivity index (χ4n) is 1.75. The second-order valence-corrected chi connectivity index (χ2v) is 5.68. The molecule has 1 saturated heterocycles. The lowest BCUT2D eigenvalue weighted by Crippen LogP contribution is -2.56. The molecule has 1 unspecified atom stereocenters. The van der Waals surface area contributed by atoms with Crippen molar-refractivity contribution in [3.8, 4) is 6.07 Å². The summed E-state index contributed by atoms with van der Waals surface area (Å²) in [5.74, 6) is -0.233. The van der Waals surface area contributed by atoms with Gasteiger partial charge in [-0.3, -0.25) is 4.79 Å². The number of nitriles is 1. The first-order valence-electron chi connectivity index (χ1n) is 6.44. The minimum atomic E-state index is -0.593. The van der Waals surface area contributed by atoms with Crippen LogP contribution in [0.15, 0.2) is 0 Å². The van der Waals surface area contributed by atoms with Gasteiger partial charge < -0.3 is 15.0 Å². The molecule has 1 fully saturated rings. The Bertz CT molecular complexity index is 389. The van der Waals surface area contributed by atoms with Crippen molar-refractivity contribution in [1.82, 2.24) is 10.2 Å². The Balaban J connectivity index is 2.48. The van der Waals surface area contributed by atoms with Crippen molar-refractivity contribution >= 4 is 12.0 Å². The topological polar surface area (TPSA) is 82.4 Å². The van der Waals surface area contributed by atoms with Crippen LogP contribution in [0, 0.1) is 17.2 Å². The van der Waals surface area contributed by atoms with Crippen molar-refractivity contribution < 1.29 is 14.3 Å². The second-order valence-electron chi connectivity index (χ2n) is 5.68. The number of ether oxygens (including phenoxy) is 1. The van der Waals surface area contributed by atoms with E-state index in [4.69, 9.17) is 10.00 Å². The van der Waals surface area contributed by atoms with Crippen molar-refractivity contribution in [2.24, 2.45) is 5.92 Å². The number of hydrogen-bond donors (Lipinski definition) is 1. The number of alkyl carbamates (subject to hydrolysis) is 1. The van der Waals surface area contributed by atoms with E-state index in [1.165, 1.54) is 0 Å². The van der Waals surface area contributed by atoms with E-state index < -0.39 is 17.7 Å². The third-order valence-corrected chi connectivity index (χ3v) is 2.77. The lowest BCUT2D eigenvalue weighted by atomic mass is 10.0. The smallest absolute Gasteiger partial charge is 0.408 e. The van der Waals surface area contributed by atoms with Crippen LogP contribution in [-0.2, 0) is 9.53 Å². The van der Waals surface area contributed by atoms with Crippen molar-refractivity contribution in [2.45, 2.75) is 45.8 Å². The zero-order chi connectivity index (χ0) is 14.6. The van der Waals surface area contributed by atoms with Crippen LogP contribution in [0.3, 0.4) is 0 Å². The van der Waals surface area contributed by atoms with Crippen LogP contribution in [0.5, 0.6) is 0 Å². The first-order chi connectivity index (χ1) is 8.76. The van der Waals surface area contributed by atoms with Crippen molar-refractivity contribution in [3.63, 3.8) is 0 Å². The molecule has 1 aliphatic rings. The summed E-state index contributed by atoms with van der Waals surface area (Å²) in [5, 5.41) is 11.2. The SMILES string of the molecule is CCC(NC(=O)OC(C)(C)C)C(=O)N1CC(C#N)C1. The van der Waals surface area contributed by atoms with Gasteiger partial charge >= 0.3 is 6.09 Å². The average Bonchev–Trinajstić information content (AvgIpc) is 2.21. The first kappa shape index (κ1) is 15.3. The highest BCUT2D eigenvalue weighted by atomic mass is 16.6. The Morgan fingerprint density at radius 1 is 1.47 bits per heavy atom. The Kier molecular flexibility index (Phi) is 4.76. The number of nitrogens with one attached hydrogen (secondary N) is 1. The minimum absolute atomic E-state index is 0.0806. The number of amides is 2. The summed E-state index contributed by atoms with van der Waals surface area (Å²) in [6, 6.07) is 1.52. The standard InChI is InChI=1S/C13H21N3O3/c1-5-10(15-12(18)19-13(2,3)4)11(17)16-7-9(6-14)8-16/h9-10H,5,7-8H2,1-4H3,(H,15,18). The van der Waals surface area contributed by atoms with Gasteiger partial charge in [0.1, 0.15) is 11.6 Å². The lowest BCUT2D eigenvalue weighted by molar-refractivity contribution is -0.138. The molecule has 1 aliphatic heterocycles. The third kappa shape index (κ3) is 4.43. The van der Waals surface area contributed by atoms with E-state index in [-0.39, 0.29) is 11.8 Å². The summed E-state index contributed by atoms with van der Waals surface area (Å²) in [6.07, 6.45) is -0.101. The van der Waals surface area contributed by atoms with Gasteiger partial charge in [0.05, 0.1) is 12.0 Å². The zero-order valence-electron chi connectivity index (χ0n) is 11.9. The molecule has 0 aromatic carbocycles. The van der Waals surface area contributed by atoms with Crippen LogP contribution < -0.4 is 5.32 Å².